The summed E-state index contributed by atoms with van der Waals surface area (Å²) in [6.45, 7) is 1.87. The summed E-state index contributed by atoms with van der Waals surface area (Å²) in [6.07, 6.45) is -7.30. The maximum Gasteiger partial charge on any atom is 0.416 e. The lowest BCUT2D eigenvalue weighted by atomic mass is 9.93. The molecule has 6 heteroatoms. The topological polar surface area (TPSA) is 46.2 Å². The average molecular weight is 306 g/mol. The van der Waals surface area contributed by atoms with Crippen LogP contribution in [-0.2, 0) is 0 Å². The Labute approximate surface area is 120 Å². The monoisotopic (exact) mass is 305 g/mol. The molecule has 3 N–H and O–H groups in total. The first kappa shape index (κ1) is 16.8. The number of nitrogens with two attached hydrogens (primary N) is 1. The minimum atomic E-state index is -4.73. The molecule has 0 aliphatic heterocycles. The van der Waals surface area contributed by atoms with Gasteiger partial charge in [0.1, 0.15) is 0 Å². The minimum Gasteiger partial charge on any atom is -0.382 e. The number of aryl methyl sites for hydroxylation is 1. The molecule has 0 heterocycles. The van der Waals surface area contributed by atoms with Crippen molar-refractivity contribution in [2.75, 3.05) is 0 Å². The number of fused-ring (bicyclic) bond motifs is 1. The van der Waals surface area contributed by atoms with Gasteiger partial charge in [-0.3, -0.25) is 0 Å². The summed E-state index contributed by atoms with van der Waals surface area (Å²) in [5.74, 6) is 0. The molecule has 0 unspecified atom stereocenters. The van der Waals surface area contributed by atoms with Crippen molar-refractivity contribution in [1.82, 2.24) is 0 Å². The van der Waals surface area contributed by atoms with E-state index < -0.39 is 18.3 Å². The lowest BCUT2D eigenvalue weighted by Gasteiger charge is -2.23. The first-order valence-electron chi connectivity index (χ1n) is 5.81. The standard InChI is InChI=1S/C14H14F3NO.ClH/c1-8-6-7-11(10-5-3-2-4-9(8)10)12(18)13(19)14(15,16)17;/h2-7,12-13,19H,18H2,1H3;1H/t12-,13-;/m1./s1. The summed E-state index contributed by atoms with van der Waals surface area (Å²) < 4.78 is 37.6. The summed E-state index contributed by atoms with van der Waals surface area (Å²) in [7, 11) is 0. The molecule has 0 saturated carbocycles. The van der Waals surface area contributed by atoms with Gasteiger partial charge in [0.05, 0.1) is 6.04 Å². The molecule has 0 spiro atoms. The Morgan fingerprint density at radius 3 is 2.15 bits per heavy atom. The van der Waals surface area contributed by atoms with Gasteiger partial charge in [0.2, 0.25) is 0 Å². The number of aliphatic hydroxyl groups excluding tert-OH is 1. The molecule has 0 amide bonds. The van der Waals surface area contributed by atoms with Gasteiger partial charge in [0, 0.05) is 0 Å². The fourth-order valence-electron chi connectivity index (χ4n) is 2.14. The van der Waals surface area contributed by atoms with Crippen molar-refractivity contribution in [3.63, 3.8) is 0 Å². The maximum atomic E-state index is 12.5. The Hall–Kier alpha value is -1.30. The average Bonchev–Trinajstić information content (AvgIpc) is 2.37. The van der Waals surface area contributed by atoms with Gasteiger partial charge in [-0.1, -0.05) is 36.4 Å². The molecule has 110 valence electrons. The number of rotatable bonds is 2. The Bertz CT molecular complexity index is 600. The third-order valence-corrected chi connectivity index (χ3v) is 3.21. The highest BCUT2D eigenvalue weighted by molar-refractivity contribution is 5.89. The van der Waals surface area contributed by atoms with E-state index in [1.807, 2.05) is 19.1 Å². The highest BCUT2D eigenvalue weighted by Crippen LogP contribution is 2.33. The molecule has 20 heavy (non-hydrogen) atoms. The first-order valence-corrected chi connectivity index (χ1v) is 5.81. The van der Waals surface area contributed by atoms with Gasteiger partial charge in [-0.15, -0.1) is 12.4 Å². The molecule has 0 fully saturated rings. The molecule has 0 aliphatic rings. The zero-order valence-electron chi connectivity index (χ0n) is 10.7. The van der Waals surface area contributed by atoms with Gasteiger partial charge in [0.25, 0.3) is 0 Å². The fraction of sp³-hybridized carbons (Fsp3) is 0.286. The summed E-state index contributed by atoms with van der Waals surface area (Å²) in [6, 6.07) is 8.83. The van der Waals surface area contributed by atoms with Crippen molar-refractivity contribution >= 4 is 23.2 Å². The molecular weight excluding hydrogens is 291 g/mol. The smallest absolute Gasteiger partial charge is 0.382 e. The van der Waals surface area contributed by atoms with Gasteiger partial charge in [-0.2, -0.15) is 13.2 Å². The summed E-state index contributed by atoms with van der Waals surface area (Å²) in [5.41, 5.74) is 6.82. The number of hydrogen-bond acceptors (Lipinski definition) is 2. The van der Waals surface area contributed by atoms with Crippen LogP contribution in [0.3, 0.4) is 0 Å². The van der Waals surface area contributed by atoms with Crippen LogP contribution in [0.4, 0.5) is 13.2 Å². The third kappa shape index (κ3) is 3.06. The highest BCUT2D eigenvalue weighted by atomic mass is 35.5. The predicted octanol–water partition coefficient (Wildman–Crippen LogP) is 3.49. The van der Waals surface area contributed by atoms with E-state index in [0.29, 0.717) is 10.9 Å². The van der Waals surface area contributed by atoms with E-state index in [1.165, 1.54) is 6.07 Å². The first-order chi connectivity index (χ1) is 8.82. The molecule has 2 aromatic rings. The summed E-state index contributed by atoms with van der Waals surface area (Å²) >= 11 is 0. The van der Waals surface area contributed by atoms with Gasteiger partial charge in [0.15, 0.2) is 6.10 Å². The van der Waals surface area contributed by atoms with Gasteiger partial charge < -0.3 is 10.8 Å². The Balaban J connectivity index is 0.00000200. The number of halogens is 4. The van der Waals surface area contributed by atoms with E-state index in [0.717, 1.165) is 10.9 Å². The molecule has 0 bridgehead atoms. The van der Waals surface area contributed by atoms with Gasteiger partial charge in [-0.25, -0.2) is 0 Å². The molecule has 0 saturated heterocycles. The number of hydrogen-bond donors (Lipinski definition) is 2. The zero-order valence-corrected chi connectivity index (χ0v) is 11.5. The molecule has 0 radical (unpaired) electrons. The number of alkyl halides is 3. The molecule has 0 aromatic heterocycles. The predicted molar refractivity (Wildman–Crippen MR) is 74.9 cm³/mol. The van der Waals surface area contributed by atoms with Crippen LogP contribution in [0.25, 0.3) is 10.8 Å². The normalized spacial score (nSPS) is 14.7. The molecule has 2 nitrogen and oxygen atoms in total. The van der Waals surface area contributed by atoms with Gasteiger partial charge in [-0.05, 0) is 28.8 Å². The van der Waals surface area contributed by atoms with Crippen LogP contribution in [0, 0.1) is 6.92 Å². The molecular formula is C14H15ClF3NO. The van der Waals surface area contributed by atoms with Crippen molar-refractivity contribution in [2.45, 2.75) is 25.2 Å². The molecule has 2 aromatic carbocycles. The van der Waals surface area contributed by atoms with Crippen LogP contribution in [0.2, 0.25) is 0 Å². The van der Waals surface area contributed by atoms with Crippen molar-refractivity contribution in [3.05, 3.63) is 47.5 Å². The number of benzene rings is 2. The van der Waals surface area contributed by atoms with Crippen LogP contribution in [-0.4, -0.2) is 17.4 Å². The zero-order chi connectivity index (χ0) is 14.2. The van der Waals surface area contributed by atoms with E-state index >= 15 is 0 Å². The summed E-state index contributed by atoms with van der Waals surface area (Å²) in [5, 5.41) is 10.8. The van der Waals surface area contributed by atoms with Crippen molar-refractivity contribution in [3.8, 4) is 0 Å². The maximum absolute atomic E-state index is 12.5. The fourth-order valence-corrected chi connectivity index (χ4v) is 2.14. The van der Waals surface area contributed by atoms with E-state index in [2.05, 4.69) is 0 Å². The van der Waals surface area contributed by atoms with E-state index in [4.69, 9.17) is 5.73 Å². The Morgan fingerprint density at radius 2 is 1.60 bits per heavy atom. The van der Waals surface area contributed by atoms with Crippen molar-refractivity contribution in [2.24, 2.45) is 5.73 Å². The minimum absolute atomic E-state index is 0. The Kier molecular flexibility index (Phi) is 5.02. The van der Waals surface area contributed by atoms with Crippen LogP contribution >= 0.6 is 12.4 Å². The molecule has 2 rings (SSSR count). The highest BCUT2D eigenvalue weighted by Gasteiger charge is 2.43. The largest absolute Gasteiger partial charge is 0.416 e. The van der Waals surface area contributed by atoms with Crippen molar-refractivity contribution in [1.29, 1.82) is 0 Å². The lowest BCUT2D eigenvalue weighted by molar-refractivity contribution is -0.210. The van der Waals surface area contributed by atoms with E-state index in [-0.39, 0.29) is 12.4 Å². The quantitative estimate of drug-likeness (QED) is 0.892. The molecule has 0 aliphatic carbocycles. The van der Waals surface area contributed by atoms with Crippen molar-refractivity contribution < 1.29 is 18.3 Å². The second-order valence-electron chi connectivity index (χ2n) is 4.53. The SMILES string of the molecule is Cc1ccc([C@@H](N)[C@@H](O)C(F)(F)F)c2ccccc12.Cl. The second kappa shape index (κ2) is 5.99. The lowest BCUT2D eigenvalue weighted by Crippen LogP contribution is -2.38. The van der Waals surface area contributed by atoms with E-state index in [9.17, 15) is 18.3 Å². The second-order valence-corrected chi connectivity index (χ2v) is 4.53. The van der Waals surface area contributed by atoms with Crippen LogP contribution in [0.5, 0.6) is 0 Å². The molecule has 2 atom stereocenters. The van der Waals surface area contributed by atoms with Crippen LogP contribution < -0.4 is 5.73 Å². The van der Waals surface area contributed by atoms with Crippen LogP contribution in [0.1, 0.15) is 17.2 Å². The van der Waals surface area contributed by atoms with Crippen LogP contribution in [0.15, 0.2) is 36.4 Å². The van der Waals surface area contributed by atoms with E-state index in [1.54, 1.807) is 18.2 Å². The Morgan fingerprint density at radius 1 is 1.05 bits per heavy atom. The third-order valence-electron chi connectivity index (χ3n) is 3.21. The summed E-state index contributed by atoms with van der Waals surface area (Å²) in [4.78, 5) is 0. The number of aliphatic hydroxyl groups is 1. The van der Waals surface area contributed by atoms with Gasteiger partial charge >= 0.3 is 6.18 Å².